The average Bonchev–Trinajstić information content (AvgIpc) is 1.69. The highest BCUT2D eigenvalue weighted by Gasteiger charge is 2.40. The first kappa shape index (κ1) is 84.6. The number of benzene rings is 5. The van der Waals surface area contributed by atoms with Gasteiger partial charge in [-0.25, -0.2) is 4.39 Å². The summed E-state index contributed by atoms with van der Waals surface area (Å²) < 4.78 is 14.4. The third kappa shape index (κ3) is 26.9. The Balaban J connectivity index is 1.17. The standard InChI is InChI=1S/C77H103FN18O13/c1-6-82-77(83-7-2)85-33-13-12-20-57(67(101)91-59(36-45(3)4)68(102)90-58(21-14-34-84-76(80)81)75(109)96-35-15-22-65(96)74(108)87-43-66(79)100)89-70(104)61(39-48-26-31-54(99)32-27-48)93-73(107)64(44-97)95-72(106)63(41-52-42-86-56-19-11-10-18-55(52)56)94-71(105)62(38-47-24-29-53(78)30-25-47)92-69(103)60(88-46(5)98)40-49-23-28-50-16-8-9-17-51(50)37-49/h8-11,16-19,23-32,37,42,45,57-65,86,97,99H,6-7,12-15,20-22,33-36,38-41,43-44H2,1-5H3,(H2,79,100)(H,87,108)(H,88,98)(H,89,104)(H,90,102)(H,91,101)(H,92,103)(H,93,107)(H,94,105)(H,95,106)(H4,80,81,84)(H2,82,83,85)/t57-,58+,59+,60-,61+,62-,63-,64+,65+/m1/s1. The molecule has 0 bridgehead atoms. The molecule has 1 fully saturated rings. The van der Waals surface area contributed by atoms with Crippen LogP contribution in [0.15, 0.2) is 131 Å². The zero-order chi connectivity index (χ0) is 79.1. The lowest BCUT2D eigenvalue weighted by Crippen LogP contribution is -2.61. The molecule has 0 aliphatic carbocycles. The van der Waals surface area contributed by atoms with Crippen LogP contribution in [0.4, 0.5) is 4.39 Å². The van der Waals surface area contributed by atoms with Crippen molar-refractivity contribution in [3.8, 4) is 5.75 Å². The van der Waals surface area contributed by atoms with E-state index in [-0.39, 0.29) is 101 Å². The second-order valence-electron chi connectivity index (χ2n) is 27.3. The number of aliphatic imine (C=N–C) groups is 2. The summed E-state index contributed by atoms with van der Waals surface area (Å²) in [5.74, 6) is -9.58. The van der Waals surface area contributed by atoms with Crippen molar-refractivity contribution in [2.24, 2.45) is 33.1 Å². The molecule has 11 amide bonds. The first-order chi connectivity index (χ1) is 52.2. The van der Waals surface area contributed by atoms with E-state index in [9.17, 15) is 48.2 Å². The molecule has 1 aromatic heterocycles. The lowest BCUT2D eigenvalue weighted by molar-refractivity contribution is -0.142. The Morgan fingerprint density at radius 2 is 1.06 bits per heavy atom. The van der Waals surface area contributed by atoms with Gasteiger partial charge in [-0.15, -0.1) is 0 Å². The number of hydrogen-bond acceptors (Lipinski definition) is 15. The summed E-state index contributed by atoms with van der Waals surface area (Å²) in [5, 5.41) is 54.4. The molecule has 586 valence electrons. The number of primary amides is 1. The molecule has 31 nitrogen and oxygen atoms in total. The van der Waals surface area contributed by atoms with Crippen LogP contribution in [-0.4, -0.2) is 197 Å². The highest BCUT2D eigenvalue weighted by Crippen LogP contribution is 2.24. The van der Waals surface area contributed by atoms with Crippen LogP contribution in [-0.2, 0) is 78.4 Å². The minimum Gasteiger partial charge on any atom is -0.508 e. The lowest BCUT2D eigenvalue weighted by atomic mass is 9.99. The molecular formula is C77H103FN18O13. The summed E-state index contributed by atoms with van der Waals surface area (Å²) in [6.07, 6.45) is 2.28. The van der Waals surface area contributed by atoms with Crippen LogP contribution in [0.25, 0.3) is 21.7 Å². The maximum absolute atomic E-state index is 15.2. The number of nitrogens with two attached hydrogens (primary N) is 3. The number of carbonyl (C=O) groups is 11. The van der Waals surface area contributed by atoms with E-state index in [1.54, 1.807) is 44.3 Å². The minimum absolute atomic E-state index is 0.00235. The first-order valence-electron chi connectivity index (χ1n) is 36.7. The SMILES string of the molecule is CCNC(=NCCCC[C@@H](NC(=O)[C@H](Cc1ccc(O)cc1)NC(=O)[C@H](CO)NC(=O)[C@@H](Cc1c[nH]c2ccccc12)NC(=O)[C@@H](Cc1ccc(F)cc1)NC(=O)[C@@H](Cc1ccc2ccccc2c1)NC(C)=O)C(=O)N[C@@H](CC(C)C)C(=O)N[C@@H](CCCN=C(N)N)C(=O)N1CCC[C@H]1C(=O)NCC(N)=O)NCC. The molecular weight excluding hydrogens is 1400 g/mol. The van der Waals surface area contributed by atoms with Gasteiger partial charge in [0.1, 0.15) is 65.9 Å². The summed E-state index contributed by atoms with van der Waals surface area (Å²) >= 11 is 0. The maximum Gasteiger partial charge on any atom is 0.245 e. The van der Waals surface area contributed by atoms with E-state index in [2.05, 4.69) is 73.5 Å². The molecule has 0 saturated carbocycles. The molecule has 32 heteroatoms. The van der Waals surface area contributed by atoms with Crippen molar-refractivity contribution in [3.63, 3.8) is 0 Å². The molecule has 1 saturated heterocycles. The summed E-state index contributed by atoms with van der Waals surface area (Å²) in [4.78, 5) is 170. The number of H-pyrrole nitrogens is 1. The van der Waals surface area contributed by atoms with E-state index in [1.807, 2.05) is 56.3 Å². The number of nitrogens with zero attached hydrogens (tertiary/aromatic N) is 3. The number of para-hydroxylation sites is 1. The number of amides is 11. The molecule has 1 aliphatic rings. The summed E-state index contributed by atoms with van der Waals surface area (Å²) in [6, 6.07) is 18.3. The second-order valence-corrected chi connectivity index (χ2v) is 27.3. The van der Waals surface area contributed by atoms with Gasteiger partial charge in [-0.3, -0.25) is 62.7 Å². The normalized spacial score (nSPS) is 14.7. The van der Waals surface area contributed by atoms with Crippen LogP contribution in [0, 0.1) is 11.7 Å². The molecule has 5 aromatic carbocycles. The number of aromatic hydroxyl groups is 1. The molecule has 0 spiro atoms. The Bertz CT molecular complexity index is 4160. The highest BCUT2D eigenvalue weighted by molar-refractivity contribution is 6.00. The van der Waals surface area contributed by atoms with Crippen molar-refractivity contribution >= 4 is 98.6 Å². The van der Waals surface area contributed by atoms with Gasteiger partial charge in [0, 0.05) is 82.4 Å². The van der Waals surface area contributed by atoms with Gasteiger partial charge < -0.3 is 95.8 Å². The number of fused-ring (bicyclic) bond motifs is 2. The number of aromatic nitrogens is 1. The van der Waals surface area contributed by atoms with Gasteiger partial charge in [0.15, 0.2) is 11.9 Å². The fourth-order valence-corrected chi connectivity index (χ4v) is 12.7. The van der Waals surface area contributed by atoms with E-state index in [0.29, 0.717) is 65.0 Å². The zero-order valence-electron chi connectivity index (χ0n) is 62.1. The maximum atomic E-state index is 15.2. The Morgan fingerprint density at radius 1 is 0.560 bits per heavy atom. The van der Waals surface area contributed by atoms with Crippen LogP contribution >= 0.6 is 0 Å². The Hall–Kier alpha value is -11.7. The number of aliphatic hydroxyl groups is 1. The van der Waals surface area contributed by atoms with Gasteiger partial charge in [-0.05, 0) is 134 Å². The van der Waals surface area contributed by atoms with E-state index in [1.165, 1.54) is 60.4 Å². The topological polar surface area (TPSA) is 482 Å². The third-order valence-electron chi connectivity index (χ3n) is 18.2. The smallest absolute Gasteiger partial charge is 0.245 e. The van der Waals surface area contributed by atoms with E-state index >= 15 is 19.2 Å². The number of guanidine groups is 2. The molecule has 0 unspecified atom stereocenters. The molecule has 0 radical (unpaired) electrons. The molecule has 109 heavy (non-hydrogen) atoms. The monoisotopic (exact) mass is 1510 g/mol. The molecule has 7 rings (SSSR count). The number of phenolic OH excluding ortho intramolecular Hbond substituents is 1. The van der Waals surface area contributed by atoms with Gasteiger partial charge in [-0.1, -0.05) is 98.8 Å². The Labute approximate surface area is 631 Å². The third-order valence-corrected chi connectivity index (χ3v) is 18.2. The number of rotatable bonds is 41. The van der Waals surface area contributed by atoms with E-state index < -0.39 is 138 Å². The quantitative estimate of drug-likeness (QED) is 0.0143. The molecule has 9 atom stereocenters. The first-order valence-corrected chi connectivity index (χ1v) is 36.7. The van der Waals surface area contributed by atoms with Crippen LogP contribution in [0.5, 0.6) is 5.75 Å². The van der Waals surface area contributed by atoms with Crippen molar-refractivity contribution in [2.45, 2.75) is 166 Å². The van der Waals surface area contributed by atoms with Crippen LogP contribution in [0.2, 0.25) is 0 Å². The Kier molecular flexibility index (Phi) is 33.0. The predicted molar refractivity (Wildman–Crippen MR) is 410 cm³/mol. The second kappa shape index (κ2) is 42.6. The Morgan fingerprint density at radius 3 is 1.67 bits per heavy atom. The average molecular weight is 1510 g/mol. The number of phenols is 1. The van der Waals surface area contributed by atoms with Crippen molar-refractivity contribution in [2.75, 3.05) is 45.9 Å². The molecule has 1 aliphatic heterocycles. The van der Waals surface area contributed by atoms with Crippen LogP contribution in [0.1, 0.15) is 108 Å². The van der Waals surface area contributed by atoms with Gasteiger partial charge >= 0.3 is 0 Å². The zero-order valence-corrected chi connectivity index (χ0v) is 62.1. The minimum atomic E-state index is -1.85. The number of hydrogen-bond donors (Lipinski definition) is 17. The summed E-state index contributed by atoms with van der Waals surface area (Å²) in [7, 11) is 0. The van der Waals surface area contributed by atoms with Gasteiger partial charge in [0.05, 0.1) is 13.2 Å². The fraction of sp³-hybridized carbons (Fsp3) is 0.442. The fourth-order valence-electron chi connectivity index (χ4n) is 12.7. The van der Waals surface area contributed by atoms with Crippen molar-refractivity contribution < 1.29 is 67.3 Å². The number of aliphatic hydroxyl groups excluding tert-OH is 1. The highest BCUT2D eigenvalue weighted by atomic mass is 19.1. The number of halogens is 1. The summed E-state index contributed by atoms with van der Waals surface area (Å²) in [5.41, 5.74) is 19.1. The van der Waals surface area contributed by atoms with E-state index in [4.69, 9.17) is 17.2 Å². The van der Waals surface area contributed by atoms with Crippen molar-refractivity contribution in [3.05, 3.63) is 150 Å². The number of likely N-dealkylation sites (tertiary alicyclic amines) is 1. The molecule has 20 N–H and O–H groups in total. The summed E-state index contributed by atoms with van der Waals surface area (Å²) in [6.45, 7) is 8.75. The number of aromatic amines is 1. The lowest BCUT2D eigenvalue weighted by Gasteiger charge is -2.30. The predicted octanol–water partition coefficient (Wildman–Crippen LogP) is 0.764. The largest absolute Gasteiger partial charge is 0.508 e. The van der Waals surface area contributed by atoms with Crippen LogP contribution < -0.4 is 75.7 Å². The van der Waals surface area contributed by atoms with E-state index in [0.717, 1.165) is 10.8 Å². The molecule has 6 aromatic rings. The molecule has 2 heterocycles. The number of nitrogens with one attached hydrogen (secondary N) is 12. The van der Waals surface area contributed by atoms with Crippen molar-refractivity contribution in [1.82, 2.24) is 68.4 Å². The van der Waals surface area contributed by atoms with Gasteiger partial charge in [0.2, 0.25) is 65.0 Å². The number of carbonyl (C=O) groups excluding carboxylic acids is 11. The van der Waals surface area contributed by atoms with Crippen LogP contribution in [0.3, 0.4) is 0 Å². The van der Waals surface area contributed by atoms with Crippen molar-refractivity contribution in [1.29, 1.82) is 0 Å². The van der Waals surface area contributed by atoms with Gasteiger partial charge in [0.25, 0.3) is 0 Å². The van der Waals surface area contributed by atoms with Gasteiger partial charge in [-0.2, -0.15) is 0 Å². The number of unbranched alkanes of at least 4 members (excludes halogenated alkanes) is 1.